The highest BCUT2D eigenvalue weighted by molar-refractivity contribution is 6.11. The summed E-state index contributed by atoms with van der Waals surface area (Å²) in [7, 11) is 1.44. The van der Waals surface area contributed by atoms with Crippen molar-refractivity contribution < 1.29 is 14.3 Å². The average molecular weight is 344 g/mol. The quantitative estimate of drug-likeness (QED) is 0.795. The van der Waals surface area contributed by atoms with Crippen LogP contribution in [0.3, 0.4) is 0 Å². The van der Waals surface area contributed by atoms with Gasteiger partial charge in [0.1, 0.15) is 0 Å². The number of aromatic nitrogens is 1. The number of methoxy groups -OCH3 is 1. The fourth-order valence-corrected chi connectivity index (χ4v) is 3.73. The predicted molar refractivity (Wildman–Crippen MR) is 90.0 cm³/mol. The summed E-state index contributed by atoms with van der Waals surface area (Å²) >= 11 is 0. The zero-order chi connectivity index (χ0) is 17.4. The molecule has 4 rings (SSSR count). The standard InChI is InChI=1S/C16H20N6O3/c1-25-16-13(23)20-15(24)22(12-3-2-6-18-9-12)14(16)21(10-19-16)11-4-7-17-8-5-11/h2-3,6,9-11,14,17H,4-5,7-8H2,1H3,(H,20,23,24). The van der Waals surface area contributed by atoms with Gasteiger partial charge in [-0.25, -0.2) is 9.79 Å². The van der Waals surface area contributed by atoms with Crippen LogP contribution in [-0.4, -0.2) is 66.3 Å². The van der Waals surface area contributed by atoms with E-state index in [-0.39, 0.29) is 6.04 Å². The van der Waals surface area contributed by atoms with Gasteiger partial charge in [-0.1, -0.05) is 0 Å². The van der Waals surface area contributed by atoms with Crippen LogP contribution in [0.2, 0.25) is 0 Å². The van der Waals surface area contributed by atoms with Crippen molar-refractivity contribution in [3.8, 4) is 0 Å². The molecule has 2 fully saturated rings. The molecule has 0 spiro atoms. The molecule has 4 heterocycles. The minimum Gasteiger partial charge on any atom is -0.346 e. The van der Waals surface area contributed by atoms with Crippen LogP contribution in [0.4, 0.5) is 10.5 Å². The molecule has 9 heteroatoms. The van der Waals surface area contributed by atoms with Crippen LogP contribution < -0.4 is 15.5 Å². The van der Waals surface area contributed by atoms with Crippen molar-refractivity contribution >= 4 is 24.0 Å². The van der Waals surface area contributed by atoms with E-state index in [1.54, 1.807) is 30.9 Å². The van der Waals surface area contributed by atoms with Gasteiger partial charge >= 0.3 is 6.03 Å². The van der Waals surface area contributed by atoms with Gasteiger partial charge in [-0.2, -0.15) is 0 Å². The second kappa shape index (κ2) is 6.08. The van der Waals surface area contributed by atoms with Gasteiger partial charge in [0.05, 0.1) is 18.2 Å². The van der Waals surface area contributed by atoms with Gasteiger partial charge in [-0.15, -0.1) is 0 Å². The minimum atomic E-state index is -1.48. The molecule has 1 aromatic heterocycles. The molecular weight excluding hydrogens is 324 g/mol. The molecule has 0 bridgehead atoms. The molecule has 3 aliphatic heterocycles. The summed E-state index contributed by atoms with van der Waals surface area (Å²) in [6.07, 6.45) is 6.00. The molecule has 2 atom stereocenters. The first-order valence-corrected chi connectivity index (χ1v) is 8.31. The van der Waals surface area contributed by atoms with Crippen LogP contribution in [0.5, 0.6) is 0 Å². The Kier molecular flexibility index (Phi) is 3.89. The first-order chi connectivity index (χ1) is 12.2. The molecule has 2 saturated heterocycles. The molecule has 2 N–H and O–H groups in total. The number of rotatable bonds is 3. The number of anilines is 1. The van der Waals surface area contributed by atoms with E-state index in [4.69, 9.17) is 4.74 Å². The van der Waals surface area contributed by atoms with E-state index in [1.165, 1.54) is 12.0 Å². The number of fused-ring (bicyclic) bond motifs is 1. The van der Waals surface area contributed by atoms with E-state index in [0.29, 0.717) is 5.69 Å². The van der Waals surface area contributed by atoms with Crippen molar-refractivity contribution in [2.45, 2.75) is 30.8 Å². The summed E-state index contributed by atoms with van der Waals surface area (Å²) in [5.74, 6) is -0.544. The molecule has 0 aromatic carbocycles. The number of carbonyl (C=O) groups is 2. The number of amides is 3. The van der Waals surface area contributed by atoms with E-state index in [0.717, 1.165) is 25.9 Å². The molecule has 0 aliphatic carbocycles. The molecule has 132 valence electrons. The van der Waals surface area contributed by atoms with Gasteiger partial charge in [0, 0.05) is 19.3 Å². The van der Waals surface area contributed by atoms with Crippen LogP contribution in [0.15, 0.2) is 29.5 Å². The zero-order valence-electron chi connectivity index (χ0n) is 13.9. The molecular formula is C16H20N6O3. The number of hydrogen-bond donors (Lipinski definition) is 2. The maximum atomic E-state index is 12.7. The van der Waals surface area contributed by atoms with Crippen LogP contribution in [0.25, 0.3) is 0 Å². The first kappa shape index (κ1) is 16.0. The lowest BCUT2D eigenvalue weighted by Gasteiger charge is -2.47. The molecule has 3 amide bonds. The monoisotopic (exact) mass is 344 g/mol. The SMILES string of the molecule is COC12N=CN(C3CCNCC3)C1N(c1cccnc1)C(=O)NC2=O. The lowest BCUT2D eigenvalue weighted by molar-refractivity contribution is -0.148. The molecule has 1 aromatic rings. The Balaban J connectivity index is 1.78. The summed E-state index contributed by atoms with van der Waals surface area (Å²) in [5.41, 5.74) is -0.891. The summed E-state index contributed by atoms with van der Waals surface area (Å²) in [6.45, 7) is 1.77. The Bertz CT molecular complexity index is 705. The Morgan fingerprint density at radius 3 is 2.80 bits per heavy atom. The number of ether oxygens (including phenoxy) is 1. The average Bonchev–Trinajstić information content (AvgIpc) is 3.04. The lowest BCUT2D eigenvalue weighted by atomic mass is 10.00. The topological polar surface area (TPSA) is 99.2 Å². The van der Waals surface area contributed by atoms with E-state index in [2.05, 4.69) is 20.6 Å². The first-order valence-electron chi connectivity index (χ1n) is 8.31. The van der Waals surface area contributed by atoms with Crippen molar-refractivity contribution in [3.63, 3.8) is 0 Å². The minimum absolute atomic E-state index is 0.171. The van der Waals surface area contributed by atoms with Gasteiger partial charge in [0.25, 0.3) is 11.6 Å². The van der Waals surface area contributed by atoms with Crippen molar-refractivity contribution in [2.24, 2.45) is 4.99 Å². The molecule has 9 nitrogen and oxygen atoms in total. The number of aliphatic imine (C=N–C) groups is 1. The van der Waals surface area contributed by atoms with Crippen molar-refractivity contribution in [3.05, 3.63) is 24.5 Å². The Morgan fingerprint density at radius 1 is 1.32 bits per heavy atom. The van der Waals surface area contributed by atoms with Crippen LogP contribution >= 0.6 is 0 Å². The van der Waals surface area contributed by atoms with Gasteiger partial charge in [-0.05, 0) is 38.1 Å². The zero-order valence-corrected chi connectivity index (χ0v) is 13.9. The third-order valence-corrected chi connectivity index (χ3v) is 4.99. The highest BCUT2D eigenvalue weighted by Gasteiger charge is 2.61. The van der Waals surface area contributed by atoms with Gasteiger partial charge in [0.2, 0.25) is 0 Å². The highest BCUT2D eigenvalue weighted by Crippen LogP contribution is 2.37. The van der Waals surface area contributed by atoms with Gasteiger partial charge < -0.3 is 15.0 Å². The Hall–Kier alpha value is -2.52. The second-order valence-electron chi connectivity index (χ2n) is 6.29. The van der Waals surface area contributed by atoms with Crippen LogP contribution in [-0.2, 0) is 9.53 Å². The van der Waals surface area contributed by atoms with E-state index in [1.807, 2.05) is 4.90 Å². The highest BCUT2D eigenvalue weighted by atomic mass is 16.5. The summed E-state index contributed by atoms with van der Waals surface area (Å²) in [4.78, 5) is 37.2. The van der Waals surface area contributed by atoms with Gasteiger partial charge in [0.15, 0.2) is 6.17 Å². The molecule has 2 unspecified atom stereocenters. The van der Waals surface area contributed by atoms with Crippen LogP contribution in [0, 0.1) is 0 Å². The fourth-order valence-electron chi connectivity index (χ4n) is 3.73. The lowest BCUT2D eigenvalue weighted by Crippen LogP contribution is -2.73. The number of pyridine rings is 1. The van der Waals surface area contributed by atoms with Gasteiger partial charge in [-0.3, -0.25) is 20.0 Å². The summed E-state index contributed by atoms with van der Waals surface area (Å²) in [6, 6.07) is 3.20. The second-order valence-corrected chi connectivity index (χ2v) is 6.29. The fraction of sp³-hybridized carbons (Fsp3) is 0.500. The summed E-state index contributed by atoms with van der Waals surface area (Å²) < 4.78 is 5.55. The molecule has 0 radical (unpaired) electrons. The maximum Gasteiger partial charge on any atom is 0.330 e. The molecule has 0 saturated carbocycles. The van der Waals surface area contributed by atoms with Crippen LogP contribution in [0.1, 0.15) is 12.8 Å². The molecule has 3 aliphatic rings. The number of piperidine rings is 1. The number of hydrogen-bond acceptors (Lipinski definition) is 7. The number of urea groups is 1. The number of nitrogens with zero attached hydrogens (tertiary/aromatic N) is 4. The van der Waals surface area contributed by atoms with Crippen molar-refractivity contribution in [1.82, 2.24) is 20.5 Å². The summed E-state index contributed by atoms with van der Waals surface area (Å²) in [5, 5.41) is 5.68. The van der Waals surface area contributed by atoms with E-state index in [9.17, 15) is 9.59 Å². The maximum absolute atomic E-state index is 12.7. The Morgan fingerprint density at radius 2 is 2.12 bits per heavy atom. The molecule has 25 heavy (non-hydrogen) atoms. The smallest absolute Gasteiger partial charge is 0.330 e. The normalized spacial score (nSPS) is 29.7. The third-order valence-electron chi connectivity index (χ3n) is 4.99. The van der Waals surface area contributed by atoms with E-state index >= 15 is 0 Å². The van der Waals surface area contributed by atoms with Crippen molar-refractivity contribution in [1.29, 1.82) is 0 Å². The Labute approximate surface area is 145 Å². The largest absolute Gasteiger partial charge is 0.346 e. The number of carbonyl (C=O) groups excluding carboxylic acids is 2. The van der Waals surface area contributed by atoms with E-state index < -0.39 is 23.8 Å². The third kappa shape index (κ3) is 2.38. The number of nitrogens with one attached hydrogen (secondary N) is 2. The van der Waals surface area contributed by atoms with Crippen molar-refractivity contribution in [2.75, 3.05) is 25.1 Å². The predicted octanol–water partition coefficient (Wildman–Crippen LogP) is -0.0975. The number of imide groups is 1.